The number of unbranched alkanes of at least 4 members (excludes halogenated alkanes) is 11. The molecule has 0 bridgehead atoms. The van der Waals surface area contributed by atoms with Crippen LogP contribution in [0.3, 0.4) is 0 Å². The van der Waals surface area contributed by atoms with Crippen LogP contribution in [0.15, 0.2) is 24.3 Å². The summed E-state index contributed by atoms with van der Waals surface area (Å²) >= 11 is 0. The molecule has 0 aliphatic carbocycles. The van der Waals surface area contributed by atoms with Gasteiger partial charge in [-0.25, -0.2) is 0 Å². The lowest BCUT2D eigenvalue weighted by atomic mass is 9.95. The molecule has 169 valence electrons. The Bertz CT molecular complexity index is 380. The van der Waals surface area contributed by atoms with E-state index < -0.39 is 0 Å². The third-order valence-electron chi connectivity index (χ3n) is 5.75. The van der Waals surface area contributed by atoms with E-state index in [0.717, 1.165) is 25.2 Å². The molecule has 0 aromatic heterocycles. The highest BCUT2D eigenvalue weighted by Gasteiger charge is 2.07. The quantitative estimate of drug-likeness (QED) is 0.130. The standard InChI is InChI=1S/C28H51O/c1-4-5-6-7-8-9-10-11-12-13-14-15-18-21-24-28(26-29)25-22-19-16-17-20-23-27(2)3/h8-9,11-12,27-28H,4-7,10,13-25H2,1-3H3/b9-8-,12-11-. The second-order valence-corrected chi connectivity index (χ2v) is 9.22. The molecule has 0 aliphatic heterocycles. The van der Waals surface area contributed by atoms with E-state index in [0.29, 0.717) is 0 Å². The summed E-state index contributed by atoms with van der Waals surface area (Å²) in [5.74, 6) is 1.02. The van der Waals surface area contributed by atoms with Gasteiger partial charge in [0.25, 0.3) is 0 Å². The van der Waals surface area contributed by atoms with Crippen LogP contribution in [0, 0.1) is 11.8 Å². The molecule has 0 rings (SSSR count). The van der Waals surface area contributed by atoms with Crippen molar-refractivity contribution in [3.63, 3.8) is 0 Å². The average Bonchev–Trinajstić information content (AvgIpc) is 2.71. The van der Waals surface area contributed by atoms with Gasteiger partial charge in [0.1, 0.15) is 0 Å². The normalized spacial score (nSPS) is 13.1. The maximum Gasteiger partial charge on any atom is 0.201 e. The van der Waals surface area contributed by atoms with Crippen LogP contribution in [0.4, 0.5) is 0 Å². The zero-order chi connectivity index (χ0) is 21.4. The molecule has 1 radical (unpaired) electrons. The smallest absolute Gasteiger partial charge is 0.201 e. The van der Waals surface area contributed by atoms with Crippen LogP contribution in [0.25, 0.3) is 0 Å². The van der Waals surface area contributed by atoms with Crippen molar-refractivity contribution < 1.29 is 4.79 Å². The first-order valence-corrected chi connectivity index (χ1v) is 12.9. The third-order valence-corrected chi connectivity index (χ3v) is 5.75. The second kappa shape index (κ2) is 23.4. The summed E-state index contributed by atoms with van der Waals surface area (Å²) in [5.41, 5.74) is 0. The molecule has 0 N–H and O–H groups in total. The number of rotatable bonds is 22. The minimum atomic E-state index is 0.190. The van der Waals surface area contributed by atoms with E-state index in [1.807, 2.05) is 0 Å². The van der Waals surface area contributed by atoms with Crippen LogP contribution < -0.4 is 0 Å². The first-order chi connectivity index (χ1) is 14.2. The summed E-state index contributed by atoms with van der Waals surface area (Å²) in [5, 5.41) is 0. The molecule has 1 atom stereocenters. The molecule has 0 aromatic carbocycles. The Morgan fingerprint density at radius 2 is 1.10 bits per heavy atom. The molecule has 0 saturated heterocycles. The maximum absolute atomic E-state index is 11.2. The predicted molar refractivity (Wildman–Crippen MR) is 131 cm³/mol. The maximum atomic E-state index is 11.2. The van der Waals surface area contributed by atoms with Crippen LogP contribution in [0.2, 0.25) is 0 Å². The van der Waals surface area contributed by atoms with Crippen molar-refractivity contribution in [2.24, 2.45) is 11.8 Å². The van der Waals surface area contributed by atoms with Crippen LogP contribution >= 0.6 is 0 Å². The van der Waals surface area contributed by atoms with E-state index in [-0.39, 0.29) is 5.92 Å². The number of allylic oxidation sites excluding steroid dienone is 4. The van der Waals surface area contributed by atoms with Crippen molar-refractivity contribution >= 4 is 6.29 Å². The highest BCUT2D eigenvalue weighted by Crippen LogP contribution is 2.18. The monoisotopic (exact) mass is 403 g/mol. The summed E-state index contributed by atoms with van der Waals surface area (Å²) in [4.78, 5) is 11.2. The van der Waals surface area contributed by atoms with Crippen molar-refractivity contribution in [1.29, 1.82) is 0 Å². The highest BCUT2D eigenvalue weighted by atomic mass is 16.1. The van der Waals surface area contributed by atoms with Crippen molar-refractivity contribution in [1.82, 2.24) is 0 Å². The number of carbonyl (C=O) groups excluding carboxylic acids is 1. The molecule has 1 heteroatoms. The fourth-order valence-corrected chi connectivity index (χ4v) is 3.76. The van der Waals surface area contributed by atoms with E-state index in [1.54, 1.807) is 0 Å². The van der Waals surface area contributed by atoms with Gasteiger partial charge in [0.05, 0.1) is 0 Å². The van der Waals surface area contributed by atoms with Gasteiger partial charge in [-0.15, -0.1) is 0 Å². The predicted octanol–water partition coefficient (Wildman–Crippen LogP) is 9.52. The topological polar surface area (TPSA) is 17.1 Å². The third kappa shape index (κ3) is 23.3. The molecular formula is C28H51O. The Morgan fingerprint density at radius 3 is 1.62 bits per heavy atom. The molecule has 0 aromatic rings. The molecule has 0 spiro atoms. The van der Waals surface area contributed by atoms with E-state index in [9.17, 15) is 4.79 Å². The Balaban J connectivity index is 3.42. The molecule has 0 fully saturated rings. The summed E-state index contributed by atoms with van der Waals surface area (Å²) in [7, 11) is 0. The van der Waals surface area contributed by atoms with Crippen LogP contribution in [-0.2, 0) is 4.79 Å². The van der Waals surface area contributed by atoms with Crippen molar-refractivity contribution in [3.8, 4) is 0 Å². The van der Waals surface area contributed by atoms with Crippen molar-refractivity contribution in [2.75, 3.05) is 0 Å². The van der Waals surface area contributed by atoms with Gasteiger partial charge in [-0.1, -0.05) is 116 Å². The Hall–Kier alpha value is -0.850. The summed E-state index contributed by atoms with van der Waals surface area (Å²) < 4.78 is 0. The largest absolute Gasteiger partial charge is 0.291 e. The van der Waals surface area contributed by atoms with Gasteiger partial charge in [0, 0.05) is 5.92 Å². The van der Waals surface area contributed by atoms with Gasteiger partial charge in [-0.3, -0.25) is 4.79 Å². The minimum Gasteiger partial charge on any atom is -0.291 e. The zero-order valence-corrected chi connectivity index (χ0v) is 20.1. The van der Waals surface area contributed by atoms with E-state index in [1.165, 1.54) is 96.3 Å². The van der Waals surface area contributed by atoms with Gasteiger partial charge in [-0.05, 0) is 50.9 Å². The first kappa shape index (κ1) is 28.1. The SMILES string of the molecule is CCCCC/C=C\C/C=C\CCCCCCC([C]=O)CCCCCCCC(C)C. The number of hydrogen-bond acceptors (Lipinski definition) is 1. The van der Waals surface area contributed by atoms with E-state index >= 15 is 0 Å². The molecule has 1 unspecified atom stereocenters. The van der Waals surface area contributed by atoms with Crippen molar-refractivity contribution in [3.05, 3.63) is 24.3 Å². The summed E-state index contributed by atoms with van der Waals surface area (Å²) in [6.45, 7) is 6.86. The fourth-order valence-electron chi connectivity index (χ4n) is 3.76. The summed E-state index contributed by atoms with van der Waals surface area (Å²) in [6.07, 6.45) is 34.1. The molecule has 0 heterocycles. The molecular weight excluding hydrogens is 352 g/mol. The average molecular weight is 404 g/mol. The van der Waals surface area contributed by atoms with Gasteiger partial charge in [0.2, 0.25) is 6.29 Å². The fraction of sp³-hybridized carbons (Fsp3) is 0.821. The van der Waals surface area contributed by atoms with Crippen LogP contribution in [0.5, 0.6) is 0 Å². The Kier molecular flexibility index (Phi) is 22.7. The first-order valence-electron chi connectivity index (χ1n) is 12.9. The lowest BCUT2D eigenvalue weighted by Gasteiger charge is -2.09. The molecule has 29 heavy (non-hydrogen) atoms. The Morgan fingerprint density at radius 1 is 0.621 bits per heavy atom. The highest BCUT2D eigenvalue weighted by molar-refractivity contribution is 5.54. The van der Waals surface area contributed by atoms with E-state index in [2.05, 4.69) is 51.4 Å². The van der Waals surface area contributed by atoms with Gasteiger partial charge >= 0.3 is 0 Å². The minimum absolute atomic E-state index is 0.190. The molecule has 1 nitrogen and oxygen atoms in total. The van der Waals surface area contributed by atoms with Crippen LogP contribution in [-0.4, -0.2) is 6.29 Å². The second-order valence-electron chi connectivity index (χ2n) is 9.22. The molecule has 0 aliphatic rings. The Labute approximate surface area is 183 Å². The molecule has 0 amide bonds. The van der Waals surface area contributed by atoms with Gasteiger partial charge < -0.3 is 0 Å². The van der Waals surface area contributed by atoms with Crippen LogP contribution in [0.1, 0.15) is 136 Å². The zero-order valence-electron chi connectivity index (χ0n) is 20.1. The van der Waals surface area contributed by atoms with E-state index in [4.69, 9.17) is 0 Å². The lowest BCUT2D eigenvalue weighted by Crippen LogP contribution is -2.02. The van der Waals surface area contributed by atoms with Gasteiger partial charge in [-0.2, -0.15) is 0 Å². The number of hydrogen-bond donors (Lipinski definition) is 0. The van der Waals surface area contributed by atoms with Gasteiger partial charge in [0.15, 0.2) is 0 Å². The van der Waals surface area contributed by atoms with Crippen molar-refractivity contribution in [2.45, 2.75) is 136 Å². The molecule has 0 saturated carbocycles. The lowest BCUT2D eigenvalue weighted by molar-refractivity contribution is 0.448. The summed E-state index contributed by atoms with van der Waals surface area (Å²) in [6, 6.07) is 0.